The zero-order valence-electron chi connectivity index (χ0n) is 37.4. The van der Waals surface area contributed by atoms with Crippen molar-refractivity contribution in [2.75, 3.05) is 6.61 Å². The Bertz CT molecular complexity index is 3590. The van der Waals surface area contributed by atoms with Gasteiger partial charge in [0.2, 0.25) is 0 Å². The molecule has 1 spiro atoms. The van der Waals surface area contributed by atoms with Crippen LogP contribution >= 0.6 is 0 Å². The maximum atomic E-state index is 13.1. The van der Waals surface area contributed by atoms with Gasteiger partial charge in [-0.25, -0.2) is 0 Å². The van der Waals surface area contributed by atoms with E-state index in [1.54, 1.807) is 66.7 Å². The number of ether oxygens (including phenoxy) is 1. The molecule has 6 aliphatic rings. The Morgan fingerprint density at radius 2 is 1.33 bits per heavy atom. The first-order valence-electron chi connectivity index (χ1n) is 24.1. The van der Waals surface area contributed by atoms with E-state index in [4.69, 9.17) is 4.74 Å². The molecule has 3 heteroatoms. The molecule has 3 nitrogen and oxygen atoms in total. The van der Waals surface area contributed by atoms with Crippen molar-refractivity contribution in [2.24, 2.45) is 5.41 Å². The van der Waals surface area contributed by atoms with E-state index in [-0.39, 0.29) is 27.6 Å². The Kier molecular flexibility index (Phi) is 7.22. The molecule has 64 heavy (non-hydrogen) atoms. The van der Waals surface area contributed by atoms with Crippen LogP contribution in [-0.2, 0) is 43.4 Å². The number of benzene rings is 8. The standard InChI is InChI=1S/C47H32O2.C14H20O/c1-2-3-16-49-31(48)10-7-14-46(30-8-5-4-6-9-30)45-15-13-25-19-28-20-26-17-23-11-12-24-18-27-21-29(22-45)37-36(27)39-33(24)32(23)38-34(26)35(28)41-42(40(38)39)44(37)47(45,46)43(25)41;1-12(15)8-7-11-14(2,3)13-9-5-4-6-10-13/h4-6,8-9,11-13,15,17-19,22H,2-3,7,10,14,16,20-21H2,1H3;4-6,9-10H,7-8,11H2,1-3H3. The molecule has 0 aliphatic heterocycles. The first-order chi connectivity index (χ1) is 31.2. The van der Waals surface area contributed by atoms with Gasteiger partial charge < -0.3 is 9.53 Å². The fourth-order valence-electron chi connectivity index (χ4n) is 15.3. The van der Waals surface area contributed by atoms with Gasteiger partial charge in [-0.3, -0.25) is 4.79 Å². The summed E-state index contributed by atoms with van der Waals surface area (Å²) >= 11 is 0. The molecule has 0 N–H and O–H groups in total. The van der Waals surface area contributed by atoms with Crippen molar-refractivity contribution in [3.05, 3.63) is 153 Å². The van der Waals surface area contributed by atoms with E-state index in [0.29, 0.717) is 25.2 Å². The fourth-order valence-corrected chi connectivity index (χ4v) is 15.3. The van der Waals surface area contributed by atoms with Gasteiger partial charge in [-0.2, -0.15) is 0 Å². The maximum Gasteiger partial charge on any atom is 0.305 e. The van der Waals surface area contributed by atoms with Gasteiger partial charge in [0.15, 0.2) is 0 Å². The molecular formula is C61H52O3. The minimum Gasteiger partial charge on any atom is -0.466 e. The first kappa shape index (κ1) is 37.3. The fraction of sp³-hybridized carbons (Fsp3) is 0.311. The average Bonchev–Trinajstić information content (AvgIpc) is 3.81. The van der Waals surface area contributed by atoms with Crippen LogP contribution in [0.25, 0.3) is 76.3 Å². The highest BCUT2D eigenvalue weighted by atomic mass is 16.5. The number of rotatable bonds is 13. The largest absolute Gasteiger partial charge is 0.466 e. The summed E-state index contributed by atoms with van der Waals surface area (Å²) in [6.07, 6.45) is 16.9. The lowest BCUT2D eigenvalue weighted by molar-refractivity contribution is -0.143. The third-order valence-corrected chi connectivity index (χ3v) is 17.5. The van der Waals surface area contributed by atoms with Crippen LogP contribution in [-0.4, -0.2) is 18.4 Å². The molecule has 9 aromatic carbocycles. The molecule has 3 atom stereocenters. The summed E-state index contributed by atoms with van der Waals surface area (Å²) in [5.41, 5.74) is 14.7. The van der Waals surface area contributed by atoms with E-state index in [9.17, 15) is 9.59 Å². The van der Waals surface area contributed by atoms with Gasteiger partial charge in [-0.1, -0.05) is 136 Å². The Hall–Kier alpha value is -6.06. The SMILES string of the molecule is CC(=O)CCCC(C)(C)c1ccccc1.CCCCOC(=O)CCCC1(c2ccccc2)C23C=Cc4cc5c6c7c4C21c1c2c4c(cc8ccc9cc(c6c6c9c8c4c6c17)C5)CC2=C3. The van der Waals surface area contributed by atoms with Crippen LogP contribution in [0.15, 0.2) is 103 Å². The van der Waals surface area contributed by atoms with Gasteiger partial charge in [0.1, 0.15) is 5.78 Å². The summed E-state index contributed by atoms with van der Waals surface area (Å²) in [5, 5.41) is 18.3. The van der Waals surface area contributed by atoms with Gasteiger partial charge >= 0.3 is 5.97 Å². The van der Waals surface area contributed by atoms with Crippen LogP contribution in [0.3, 0.4) is 0 Å². The second kappa shape index (κ2) is 12.4. The minimum absolute atomic E-state index is 0.0449. The molecule has 0 bridgehead atoms. The van der Waals surface area contributed by atoms with Crippen molar-refractivity contribution in [1.29, 1.82) is 0 Å². The summed E-state index contributed by atoms with van der Waals surface area (Å²) in [4.78, 5) is 23.9. The molecule has 0 aromatic heterocycles. The predicted octanol–water partition coefficient (Wildman–Crippen LogP) is 14.6. The van der Waals surface area contributed by atoms with Crippen LogP contribution in [0.5, 0.6) is 0 Å². The van der Waals surface area contributed by atoms with Crippen molar-refractivity contribution in [3.8, 4) is 0 Å². The lowest BCUT2D eigenvalue weighted by Crippen LogP contribution is -2.25. The van der Waals surface area contributed by atoms with E-state index in [1.807, 2.05) is 6.07 Å². The Morgan fingerprint density at radius 3 is 2.06 bits per heavy atom. The number of hydrogen-bond acceptors (Lipinski definition) is 3. The van der Waals surface area contributed by atoms with Gasteiger partial charge in [0.25, 0.3) is 0 Å². The highest BCUT2D eigenvalue weighted by Crippen LogP contribution is 2.91. The van der Waals surface area contributed by atoms with E-state index in [1.165, 1.54) is 60.5 Å². The van der Waals surface area contributed by atoms with Crippen molar-refractivity contribution in [1.82, 2.24) is 0 Å². The predicted molar refractivity (Wildman–Crippen MR) is 264 cm³/mol. The number of unbranched alkanes of at least 4 members (excludes halogenated alkanes) is 1. The van der Waals surface area contributed by atoms with Crippen LogP contribution in [0.2, 0.25) is 0 Å². The molecule has 0 heterocycles. The van der Waals surface area contributed by atoms with Crippen LogP contribution in [0.1, 0.15) is 129 Å². The monoisotopic (exact) mass is 832 g/mol. The van der Waals surface area contributed by atoms with E-state index < -0.39 is 0 Å². The number of ketones is 1. The Labute approximate surface area is 374 Å². The molecule has 3 unspecified atom stereocenters. The Morgan fingerprint density at radius 1 is 0.672 bits per heavy atom. The maximum absolute atomic E-state index is 13.1. The quantitative estimate of drug-likeness (QED) is 0.0660. The third-order valence-electron chi connectivity index (χ3n) is 17.5. The highest BCUT2D eigenvalue weighted by molar-refractivity contribution is 6.52. The van der Waals surface area contributed by atoms with Gasteiger partial charge in [-0.15, -0.1) is 0 Å². The molecule has 9 aromatic rings. The molecule has 1 fully saturated rings. The van der Waals surface area contributed by atoms with E-state index in [2.05, 4.69) is 124 Å². The highest BCUT2D eigenvalue weighted by Gasteiger charge is 2.89. The molecule has 1 saturated carbocycles. The van der Waals surface area contributed by atoms with Crippen LogP contribution in [0, 0.1) is 5.41 Å². The lowest BCUT2D eigenvalue weighted by Gasteiger charge is -2.31. The summed E-state index contributed by atoms with van der Waals surface area (Å²) in [5.74, 6) is 0.246. The topological polar surface area (TPSA) is 43.4 Å². The average molecular weight is 833 g/mol. The smallest absolute Gasteiger partial charge is 0.305 e. The summed E-state index contributed by atoms with van der Waals surface area (Å²) in [6, 6.07) is 34.4. The number of carbonyl (C=O) groups is 2. The summed E-state index contributed by atoms with van der Waals surface area (Å²) < 4.78 is 5.70. The van der Waals surface area contributed by atoms with Crippen molar-refractivity contribution >= 4 is 88.0 Å². The number of esters is 1. The molecule has 15 rings (SSSR count). The van der Waals surface area contributed by atoms with Crippen molar-refractivity contribution in [2.45, 2.75) is 108 Å². The Balaban J connectivity index is 0.000000228. The van der Waals surface area contributed by atoms with Crippen molar-refractivity contribution in [3.63, 3.8) is 0 Å². The zero-order valence-corrected chi connectivity index (χ0v) is 37.4. The molecule has 314 valence electrons. The minimum atomic E-state index is -0.184. The third kappa shape index (κ3) is 4.14. The van der Waals surface area contributed by atoms with E-state index in [0.717, 1.165) is 51.4 Å². The number of hydrogen-bond donors (Lipinski definition) is 0. The second-order valence-electron chi connectivity index (χ2n) is 21.1. The molecule has 0 radical (unpaired) electrons. The molecule has 6 aliphatic carbocycles. The van der Waals surface area contributed by atoms with Crippen molar-refractivity contribution < 1.29 is 14.3 Å². The number of Topliss-reactive ketones (excluding diaryl/α,β-unsaturated/α-hetero) is 1. The summed E-state index contributed by atoms with van der Waals surface area (Å²) in [6.45, 7) is 8.81. The molecule has 0 amide bonds. The van der Waals surface area contributed by atoms with Gasteiger partial charge in [0.05, 0.1) is 6.61 Å². The lowest BCUT2D eigenvalue weighted by atomic mass is 9.70. The van der Waals surface area contributed by atoms with E-state index >= 15 is 0 Å². The van der Waals surface area contributed by atoms with Gasteiger partial charge in [-0.05, 0) is 178 Å². The zero-order chi connectivity index (χ0) is 43.1. The van der Waals surface area contributed by atoms with Crippen LogP contribution < -0.4 is 0 Å². The summed E-state index contributed by atoms with van der Waals surface area (Å²) in [7, 11) is 0. The second-order valence-corrected chi connectivity index (χ2v) is 21.1. The number of allylic oxidation sites excluding steroid dienone is 3. The molecular weight excluding hydrogens is 781 g/mol. The van der Waals surface area contributed by atoms with Crippen LogP contribution in [0.4, 0.5) is 0 Å². The van der Waals surface area contributed by atoms with Gasteiger partial charge in [0, 0.05) is 29.1 Å². The normalized spacial score (nSPS) is 22.2. The molecule has 0 saturated heterocycles. The first-order valence-corrected chi connectivity index (χ1v) is 24.1. The number of carbonyl (C=O) groups excluding carboxylic acids is 2.